The summed E-state index contributed by atoms with van der Waals surface area (Å²) in [4.78, 5) is 8.90. The molecule has 0 spiro atoms. The summed E-state index contributed by atoms with van der Waals surface area (Å²) >= 11 is 0. The molecule has 0 aromatic heterocycles. The van der Waals surface area contributed by atoms with Gasteiger partial charge in [-0.1, -0.05) is 6.42 Å². The van der Waals surface area contributed by atoms with Crippen LogP contribution in [0.4, 0.5) is 13.2 Å². The first kappa shape index (κ1) is 12.8. The lowest BCUT2D eigenvalue weighted by molar-refractivity contribution is -0.192. The molecule has 0 radical (unpaired) electrons. The van der Waals surface area contributed by atoms with Crippen LogP contribution in [-0.2, 0) is 4.79 Å². The molecule has 1 saturated carbocycles. The van der Waals surface area contributed by atoms with Crippen molar-refractivity contribution in [2.75, 3.05) is 0 Å². The lowest BCUT2D eigenvalue weighted by Crippen LogP contribution is -2.21. The van der Waals surface area contributed by atoms with Gasteiger partial charge in [0, 0.05) is 6.42 Å². The van der Waals surface area contributed by atoms with Gasteiger partial charge in [0.25, 0.3) is 0 Å². The van der Waals surface area contributed by atoms with E-state index in [1.807, 2.05) is 0 Å². The topological polar surface area (TPSA) is 61.1 Å². The molecular formula is C8H10F3NO2. The van der Waals surface area contributed by atoms with Gasteiger partial charge in [-0.05, 0) is 18.8 Å². The Bertz CT molecular complexity index is 228. The number of carbonyl (C=O) groups is 1. The fourth-order valence-electron chi connectivity index (χ4n) is 0.826. The lowest BCUT2D eigenvalue weighted by Gasteiger charge is -2.21. The van der Waals surface area contributed by atoms with Gasteiger partial charge in [0.15, 0.2) is 0 Å². The Morgan fingerprint density at radius 3 is 2.00 bits per heavy atom. The largest absolute Gasteiger partial charge is 0.490 e. The molecule has 0 amide bonds. The van der Waals surface area contributed by atoms with E-state index in [1.165, 1.54) is 19.3 Å². The van der Waals surface area contributed by atoms with Gasteiger partial charge in [-0.2, -0.15) is 18.4 Å². The molecule has 0 aromatic rings. The SMILES string of the molecule is N#CCC1CCC1.O=C(O)C(F)(F)F. The number of aliphatic carboxylic acids is 1. The third kappa shape index (κ3) is 5.41. The molecule has 0 bridgehead atoms. The maximum atomic E-state index is 10.6. The summed E-state index contributed by atoms with van der Waals surface area (Å²) in [6, 6.07) is 2.17. The molecule has 1 rings (SSSR count). The molecule has 6 heteroatoms. The number of nitriles is 1. The molecule has 1 N–H and O–H groups in total. The predicted octanol–water partition coefficient (Wildman–Crippen LogP) is 2.33. The summed E-state index contributed by atoms with van der Waals surface area (Å²) < 4.78 is 31.7. The molecular weight excluding hydrogens is 199 g/mol. The first-order valence-corrected chi connectivity index (χ1v) is 4.05. The minimum atomic E-state index is -5.08. The van der Waals surface area contributed by atoms with Crippen LogP contribution in [-0.4, -0.2) is 17.3 Å². The zero-order valence-electron chi connectivity index (χ0n) is 7.34. The van der Waals surface area contributed by atoms with Gasteiger partial charge in [0.05, 0.1) is 6.07 Å². The monoisotopic (exact) mass is 209 g/mol. The third-order valence-electron chi connectivity index (χ3n) is 1.85. The van der Waals surface area contributed by atoms with Crippen LogP contribution in [0.1, 0.15) is 25.7 Å². The second kappa shape index (κ2) is 5.47. The van der Waals surface area contributed by atoms with Gasteiger partial charge in [-0.3, -0.25) is 0 Å². The Morgan fingerprint density at radius 2 is 1.93 bits per heavy atom. The van der Waals surface area contributed by atoms with Gasteiger partial charge in [0.1, 0.15) is 0 Å². The maximum Gasteiger partial charge on any atom is 0.490 e. The average molecular weight is 209 g/mol. The smallest absolute Gasteiger partial charge is 0.475 e. The minimum absolute atomic E-state index is 0.769. The quantitative estimate of drug-likeness (QED) is 0.720. The molecule has 1 aliphatic rings. The molecule has 0 saturated heterocycles. The van der Waals surface area contributed by atoms with Crippen LogP contribution >= 0.6 is 0 Å². The van der Waals surface area contributed by atoms with Gasteiger partial charge in [-0.15, -0.1) is 0 Å². The van der Waals surface area contributed by atoms with E-state index < -0.39 is 12.1 Å². The van der Waals surface area contributed by atoms with Gasteiger partial charge in [0.2, 0.25) is 0 Å². The van der Waals surface area contributed by atoms with E-state index in [0.717, 1.165) is 12.3 Å². The summed E-state index contributed by atoms with van der Waals surface area (Å²) in [6.07, 6.45) is -0.340. The van der Waals surface area contributed by atoms with Gasteiger partial charge >= 0.3 is 12.1 Å². The first-order valence-electron chi connectivity index (χ1n) is 4.05. The number of carboxylic acids is 1. The molecule has 14 heavy (non-hydrogen) atoms. The van der Waals surface area contributed by atoms with Crippen LogP contribution in [0.25, 0.3) is 0 Å². The van der Waals surface area contributed by atoms with Crippen molar-refractivity contribution in [3.63, 3.8) is 0 Å². The Kier molecular flexibility index (Phi) is 4.99. The number of carboxylic acid groups (broad SMARTS) is 1. The van der Waals surface area contributed by atoms with Gasteiger partial charge in [-0.25, -0.2) is 4.79 Å². The van der Waals surface area contributed by atoms with Crippen molar-refractivity contribution < 1.29 is 23.1 Å². The number of hydrogen-bond donors (Lipinski definition) is 1. The van der Waals surface area contributed by atoms with Crippen LogP contribution in [0.5, 0.6) is 0 Å². The van der Waals surface area contributed by atoms with Crippen molar-refractivity contribution in [2.24, 2.45) is 5.92 Å². The van der Waals surface area contributed by atoms with Crippen molar-refractivity contribution >= 4 is 5.97 Å². The van der Waals surface area contributed by atoms with Crippen LogP contribution in [0, 0.1) is 17.2 Å². The van der Waals surface area contributed by atoms with Crippen molar-refractivity contribution in [3.8, 4) is 6.07 Å². The standard InChI is InChI=1S/C6H9N.C2HF3O2/c7-5-4-6-2-1-3-6;3-2(4,5)1(6)7/h6H,1-4H2;(H,6,7). The Labute approximate surface area is 79.1 Å². The zero-order chi connectivity index (χ0) is 11.2. The molecule has 0 aromatic carbocycles. The van der Waals surface area contributed by atoms with E-state index in [4.69, 9.17) is 15.2 Å². The fraction of sp³-hybridized carbons (Fsp3) is 0.750. The molecule has 1 aliphatic carbocycles. The summed E-state index contributed by atoms with van der Waals surface area (Å²) in [5, 5.41) is 15.3. The molecule has 3 nitrogen and oxygen atoms in total. The number of rotatable bonds is 1. The summed E-state index contributed by atoms with van der Waals surface area (Å²) in [5.41, 5.74) is 0. The molecule has 0 heterocycles. The molecule has 1 fully saturated rings. The highest BCUT2D eigenvalue weighted by molar-refractivity contribution is 5.73. The molecule has 0 atom stereocenters. The zero-order valence-corrected chi connectivity index (χ0v) is 7.34. The second-order valence-corrected chi connectivity index (χ2v) is 2.96. The summed E-state index contributed by atoms with van der Waals surface area (Å²) in [5.74, 6) is -1.99. The van der Waals surface area contributed by atoms with Gasteiger partial charge < -0.3 is 5.11 Å². The van der Waals surface area contributed by atoms with E-state index in [0.29, 0.717) is 0 Å². The molecule has 0 unspecified atom stereocenters. The summed E-state index contributed by atoms with van der Waals surface area (Å²) in [6.45, 7) is 0. The van der Waals surface area contributed by atoms with Crippen molar-refractivity contribution in [3.05, 3.63) is 0 Å². The van der Waals surface area contributed by atoms with E-state index in [-0.39, 0.29) is 0 Å². The average Bonchev–Trinajstić information content (AvgIpc) is 1.96. The third-order valence-corrected chi connectivity index (χ3v) is 1.85. The minimum Gasteiger partial charge on any atom is -0.475 e. The predicted molar refractivity (Wildman–Crippen MR) is 41.3 cm³/mol. The summed E-state index contributed by atoms with van der Waals surface area (Å²) in [7, 11) is 0. The molecule has 0 aliphatic heterocycles. The Morgan fingerprint density at radius 1 is 1.50 bits per heavy atom. The first-order chi connectivity index (χ1) is 6.38. The second-order valence-electron chi connectivity index (χ2n) is 2.96. The van der Waals surface area contributed by atoms with Crippen molar-refractivity contribution in [1.29, 1.82) is 5.26 Å². The van der Waals surface area contributed by atoms with Crippen LogP contribution < -0.4 is 0 Å². The van der Waals surface area contributed by atoms with Crippen LogP contribution in [0.3, 0.4) is 0 Å². The number of halogens is 3. The van der Waals surface area contributed by atoms with Crippen LogP contribution in [0.2, 0.25) is 0 Å². The maximum absolute atomic E-state index is 10.6. The lowest BCUT2D eigenvalue weighted by atomic mass is 9.84. The number of hydrogen-bond acceptors (Lipinski definition) is 2. The highest BCUT2D eigenvalue weighted by Crippen LogP contribution is 2.28. The van der Waals surface area contributed by atoms with E-state index >= 15 is 0 Å². The van der Waals surface area contributed by atoms with E-state index in [1.54, 1.807) is 0 Å². The highest BCUT2D eigenvalue weighted by atomic mass is 19.4. The highest BCUT2D eigenvalue weighted by Gasteiger charge is 2.38. The number of alkyl halides is 3. The Balaban J connectivity index is 0.000000241. The fourth-order valence-corrected chi connectivity index (χ4v) is 0.826. The van der Waals surface area contributed by atoms with Crippen molar-refractivity contribution in [2.45, 2.75) is 31.9 Å². The Hall–Kier alpha value is -1.25. The van der Waals surface area contributed by atoms with E-state index in [2.05, 4.69) is 6.07 Å². The number of nitrogens with zero attached hydrogens (tertiary/aromatic N) is 1. The van der Waals surface area contributed by atoms with Crippen molar-refractivity contribution in [1.82, 2.24) is 0 Å². The van der Waals surface area contributed by atoms with E-state index in [9.17, 15) is 13.2 Å². The normalized spacial score (nSPS) is 15.9. The molecule has 80 valence electrons. The van der Waals surface area contributed by atoms with Crippen LogP contribution in [0.15, 0.2) is 0 Å².